The maximum absolute atomic E-state index is 13.9. The number of halogens is 3. The number of aliphatic hydroxyl groups excluding tert-OH is 1. The first-order valence-corrected chi connectivity index (χ1v) is 15.5. The minimum atomic E-state index is -4.09. The Kier molecular flexibility index (Phi) is 7.57. The molecule has 4 aromatic rings. The van der Waals surface area contributed by atoms with Gasteiger partial charge in [0.05, 0.1) is 15.2 Å². The predicted octanol–water partition coefficient (Wildman–Crippen LogP) is 5.35. The highest BCUT2D eigenvalue weighted by Crippen LogP contribution is 2.56. The highest BCUT2D eigenvalue weighted by Gasteiger charge is 2.60. The van der Waals surface area contributed by atoms with Crippen molar-refractivity contribution in [1.82, 2.24) is 10.1 Å². The Morgan fingerprint density at radius 3 is 2.49 bits per heavy atom. The van der Waals surface area contributed by atoms with Crippen LogP contribution in [0.2, 0.25) is 5.02 Å². The second-order valence-electron chi connectivity index (χ2n) is 11.0. The van der Waals surface area contributed by atoms with Crippen molar-refractivity contribution in [2.24, 2.45) is 11.8 Å². The van der Waals surface area contributed by atoms with E-state index in [4.69, 9.17) is 16.1 Å². The number of anilines is 1. The average molecular weight is 630 g/mol. The fourth-order valence-electron chi connectivity index (χ4n) is 6.36. The third-order valence-electron chi connectivity index (χ3n) is 8.58. The molecular weight excluding hydrogens is 604 g/mol. The molecule has 6 rings (SSSR count). The summed E-state index contributed by atoms with van der Waals surface area (Å²) in [7, 11) is -4.09. The summed E-state index contributed by atoms with van der Waals surface area (Å²) in [4.78, 5) is 16.6. The van der Waals surface area contributed by atoms with Crippen LogP contribution in [0.15, 0.2) is 76.4 Å². The lowest BCUT2D eigenvalue weighted by atomic mass is 9.70. The summed E-state index contributed by atoms with van der Waals surface area (Å²) in [5.41, 5.74) is -0.887. The molecule has 2 saturated carbocycles. The number of nitrogens with zero attached hydrogens (tertiary/aromatic N) is 2. The summed E-state index contributed by atoms with van der Waals surface area (Å²) in [6, 6.07) is 11.7. The molecule has 2 heterocycles. The quantitative estimate of drug-likeness (QED) is 0.248. The van der Waals surface area contributed by atoms with Crippen LogP contribution >= 0.6 is 11.6 Å². The molecule has 0 spiro atoms. The molecule has 2 aliphatic rings. The van der Waals surface area contributed by atoms with Gasteiger partial charge in [0.25, 0.3) is 5.91 Å². The zero-order chi connectivity index (χ0) is 30.5. The number of hydrogen-bond donors (Lipinski definition) is 3. The van der Waals surface area contributed by atoms with Gasteiger partial charge in [-0.1, -0.05) is 16.8 Å². The van der Waals surface area contributed by atoms with Crippen LogP contribution in [0.1, 0.15) is 47.8 Å². The number of sulfone groups is 1. The molecule has 2 aliphatic carbocycles. The number of fused-ring (bicyclic) bond motifs is 2. The molecule has 0 saturated heterocycles. The van der Waals surface area contributed by atoms with E-state index in [9.17, 15) is 32.2 Å². The summed E-state index contributed by atoms with van der Waals surface area (Å²) in [6.45, 7) is 0. The normalized spacial score (nSPS) is 24.1. The Morgan fingerprint density at radius 1 is 1.07 bits per heavy atom. The lowest BCUT2D eigenvalue weighted by Gasteiger charge is -2.44. The van der Waals surface area contributed by atoms with Gasteiger partial charge >= 0.3 is 0 Å². The lowest BCUT2D eigenvalue weighted by molar-refractivity contribution is -0.146. The molecule has 4 unspecified atom stereocenters. The van der Waals surface area contributed by atoms with E-state index in [1.54, 1.807) is 30.6 Å². The van der Waals surface area contributed by atoms with E-state index in [0.717, 1.165) is 18.2 Å². The van der Waals surface area contributed by atoms with E-state index >= 15 is 0 Å². The molecule has 0 radical (unpaired) electrons. The average Bonchev–Trinajstić information content (AvgIpc) is 3.52. The van der Waals surface area contributed by atoms with Crippen LogP contribution in [0.5, 0.6) is 0 Å². The summed E-state index contributed by atoms with van der Waals surface area (Å²) >= 11 is 6.32. The molecule has 0 aliphatic heterocycles. The van der Waals surface area contributed by atoms with Crippen molar-refractivity contribution in [3.63, 3.8) is 0 Å². The maximum atomic E-state index is 13.9. The van der Waals surface area contributed by atoms with Crippen LogP contribution in [0, 0.1) is 23.5 Å². The Hall–Kier alpha value is -3.71. The van der Waals surface area contributed by atoms with Crippen LogP contribution in [-0.2, 0) is 9.84 Å². The van der Waals surface area contributed by atoms with Gasteiger partial charge in [-0.3, -0.25) is 9.78 Å². The highest BCUT2D eigenvalue weighted by molar-refractivity contribution is 7.92. The van der Waals surface area contributed by atoms with Crippen molar-refractivity contribution in [3.8, 4) is 11.3 Å². The number of amides is 1. The smallest absolute Gasteiger partial charge is 0.255 e. The maximum Gasteiger partial charge on any atom is 0.255 e. The van der Waals surface area contributed by atoms with Crippen molar-refractivity contribution in [1.29, 1.82) is 0 Å². The van der Waals surface area contributed by atoms with Crippen LogP contribution in [0.25, 0.3) is 11.3 Å². The molecule has 3 N–H and O–H groups in total. The van der Waals surface area contributed by atoms with Crippen molar-refractivity contribution in [2.45, 2.75) is 47.5 Å². The summed E-state index contributed by atoms with van der Waals surface area (Å²) in [6.07, 6.45) is 2.90. The van der Waals surface area contributed by atoms with Crippen LogP contribution < -0.4 is 5.32 Å². The number of rotatable bonds is 7. The monoisotopic (exact) mass is 629 g/mol. The number of aromatic nitrogens is 2. The second-order valence-corrected chi connectivity index (χ2v) is 13.6. The van der Waals surface area contributed by atoms with Gasteiger partial charge in [-0.25, -0.2) is 17.2 Å². The van der Waals surface area contributed by atoms with E-state index in [1.165, 1.54) is 18.2 Å². The fraction of sp³-hybridized carbons (Fsp3) is 0.300. The summed E-state index contributed by atoms with van der Waals surface area (Å²) in [5, 5.41) is 28.5. The van der Waals surface area contributed by atoms with Gasteiger partial charge in [-0.2, -0.15) is 0 Å². The Bertz CT molecular complexity index is 1790. The van der Waals surface area contributed by atoms with Gasteiger partial charge in [0.15, 0.2) is 27.2 Å². The van der Waals surface area contributed by atoms with E-state index in [2.05, 4.69) is 15.5 Å². The number of benzene rings is 2. The van der Waals surface area contributed by atoms with Gasteiger partial charge in [0.2, 0.25) is 0 Å². The van der Waals surface area contributed by atoms with Gasteiger partial charge < -0.3 is 20.1 Å². The summed E-state index contributed by atoms with van der Waals surface area (Å²) in [5.74, 6) is -3.70. The topological polar surface area (TPSA) is 143 Å². The third-order valence-corrected chi connectivity index (χ3v) is 11.2. The van der Waals surface area contributed by atoms with Crippen molar-refractivity contribution >= 4 is 33.0 Å². The lowest BCUT2D eigenvalue weighted by Crippen LogP contribution is -2.52. The molecule has 224 valence electrons. The third kappa shape index (κ3) is 5.22. The summed E-state index contributed by atoms with van der Waals surface area (Å²) < 4.78 is 60.0. The standard InChI is InChI=1S/C30H26ClF2N3O6S/c31-22-7-3-16(29(38)35-20-6-8-23(32)24(33)13-20)10-27(22)43(40,41)21-11-18-4-5-19(12-21)30(18,39)28(37)25-14-26(42-36-25)17-2-1-9-34-15-17/h1-3,6-10,13-15,18-19,21,28,37,39H,4-5,11-12H2,(H,35,38)/t18-,19?,21?,28?,30?/m0/s1. The first-order valence-electron chi connectivity index (χ1n) is 13.6. The Labute approximate surface area is 250 Å². The first kappa shape index (κ1) is 29.4. The Morgan fingerprint density at radius 2 is 1.81 bits per heavy atom. The molecule has 2 aromatic heterocycles. The predicted molar refractivity (Wildman–Crippen MR) is 152 cm³/mol. The van der Waals surface area contributed by atoms with E-state index < -0.39 is 56.2 Å². The number of carbonyl (C=O) groups excluding carboxylic acids is 1. The molecule has 1 amide bonds. The SMILES string of the molecule is O=C(Nc1ccc(F)c(F)c1)c1ccc(Cl)c(S(=O)(=O)C2CC3CC[C@@H](C2)C3(O)C(O)c2cc(-c3cccnc3)on2)c1. The molecule has 43 heavy (non-hydrogen) atoms. The van der Waals surface area contributed by atoms with Crippen LogP contribution in [0.3, 0.4) is 0 Å². The van der Waals surface area contributed by atoms with E-state index in [-0.39, 0.29) is 39.7 Å². The highest BCUT2D eigenvalue weighted by atomic mass is 35.5. The molecule has 2 bridgehead atoms. The largest absolute Gasteiger partial charge is 0.386 e. The first-order chi connectivity index (χ1) is 20.5. The molecule has 2 aromatic carbocycles. The van der Waals surface area contributed by atoms with Crippen molar-refractivity contribution < 1.29 is 36.7 Å². The fourth-order valence-corrected chi connectivity index (χ4v) is 8.76. The number of nitrogens with one attached hydrogen (secondary N) is 1. The molecular formula is C30H26ClF2N3O6S. The van der Waals surface area contributed by atoms with Gasteiger partial charge in [0, 0.05) is 41.3 Å². The van der Waals surface area contributed by atoms with Crippen LogP contribution in [0.4, 0.5) is 14.5 Å². The van der Waals surface area contributed by atoms with E-state index in [0.29, 0.717) is 24.2 Å². The minimum absolute atomic E-state index is 0.00961. The number of hydrogen-bond acceptors (Lipinski definition) is 8. The van der Waals surface area contributed by atoms with Crippen molar-refractivity contribution in [3.05, 3.63) is 94.9 Å². The van der Waals surface area contributed by atoms with Crippen molar-refractivity contribution in [2.75, 3.05) is 5.32 Å². The second kappa shape index (κ2) is 11.1. The number of pyridine rings is 1. The number of carbonyl (C=O) groups is 1. The van der Waals surface area contributed by atoms with Crippen LogP contribution in [-0.4, -0.2) is 45.5 Å². The molecule has 2 fully saturated rings. The molecule has 9 nitrogen and oxygen atoms in total. The minimum Gasteiger partial charge on any atom is -0.386 e. The van der Waals surface area contributed by atoms with Gasteiger partial charge in [-0.15, -0.1) is 0 Å². The molecule has 13 heteroatoms. The zero-order valence-electron chi connectivity index (χ0n) is 22.5. The zero-order valence-corrected chi connectivity index (χ0v) is 24.0. The number of aliphatic hydroxyl groups is 2. The van der Waals surface area contributed by atoms with Gasteiger partial charge in [-0.05, 0) is 80.0 Å². The van der Waals surface area contributed by atoms with E-state index in [1.807, 2.05) is 0 Å². The Balaban J connectivity index is 1.22. The van der Waals surface area contributed by atoms with Gasteiger partial charge in [0.1, 0.15) is 17.4 Å². The molecule has 5 atom stereocenters.